The molecule has 100 valence electrons. The molecule has 1 aromatic carbocycles. The van der Waals surface area contributed by atoms with E-state index in [0.717, 1.165) is 5.69 Å². The number of nitrogen functional groups attached to an aromatic ring is 1. The molecule has 0 radical (unpaired) electrons. The van der Waals surface area contributed by atoms with Gasteiger partial charge in [-0.15, -0.1) is 0 Å². The first-order chi connectivity index (χ1) is 8.49. The molecule has 0 aliphatic carbocycles. The molecule has 1 aliphatic rings. The van der Waals surface area contributed by atoms with Crippen LogP contribution in [0.5, 0.6) is 0 Å². The van der Waals surface area contributed by atoms with Crippen LogP contribution in [0.3, 0.4) is 0 Å². The Labute approximate surface area is 111 Å². The number of hydrogen-bond acceptors (Lipinski definition) is 2. The molecule has 2 nitrogen and oxygen atoms in total. The second-order valence-electron chi connectivity index (χ2n) is 6.26. The second-order valence-corrected chi connectivity index (χ2v) is 6.26. The maximum absolute atomic E-state index is 5.73. The van der Waals surface area contributed by atoms with Crippen LogP contribution < -0.4 is 5.73 Å². The summed E-state index contributed by atoms with van der Waals surface area (Å²) in [6.45, 7) is 9.52. The lowest BCUT2D eigenvalue weighted by Crippen LogP contribution is -2.39. The zero-order chi connectivity index (χ0) is 13.2. The van der Waals surface area contributed by atoms with Gasteiger partial charge in [0, 0.05) is 11.2 Å². The maximum Gasteiger partial charge on any atom is 0.0314 e. The first kappa shape index (κ1) is 13.4. The van der Waals surface area contributed by atoms with Crippen molar-refractivity contribution >= 4 is 5.69 Å². The molecule has 2 rings (SSSR count). The topological polar surface area (TPSA) is 29.3 Å². The lowest BCUT2D eigenvalue weighted by molar-refractivity contribution is 0.170. The fourth-order valence-corrected chi connectivity index (χ4v) is 2.92. The highest BCUT2D eigenvalue weighted by Crippen LogP contribution is 2.30. The van der Waals surface area contributed by atoms with E-state index in [-0.39, 0.29) is 0 Å². The summed E-state index contributed by atoms with van der Waals surface area (Å²) in [6, 6.07) is 8.33. The molecule has 0 saturated carbocycles. The minimum atomic E-state index is 0.404. The molecule has 1 atom stereocenters. The predicted molar refractivity (Wildman–Crippen MR) is 78.8 cm³/mol. The van der Waals surface area contributed by atoms with Crippen molar-refractivity contribution in [1.82, 2.24) is 4.90 Å². The SMILES string of the molecule is CC(CCN1CCCC1(C)C)c1ccc(N)cc1. The molecular formula is C16H26N2. The van der Waals surface area contributed by atoms with E-state index in [1.165, 1.54) is 37.9 Å². The fourth-order valence-electron chi connectivity index (χ4n) is 2.92. The van der Waals surface area contributed by atoms with Gasteiger partial charge in [-0.05, 0) is 69.8 Å². The minimum absolute atomic E-state index is 0.404. The van der Waals surface area contributed by atoms with Gasteiger partial charge in [0.15, 0.2) is 0 Å². The Balaban J connectivity index is 1.88. The standard InChI is InChI=1S/C16H26N2/c1-13(14-5-7-15(17)8-6-14)9-12-18-11-4-10-16(18,2)3/h5-8,13H,4,9-12,17H2,1-3H3. The summed E-state index contributed by atoms with van der Waals surface area (Å²) in [5.74, 6) is 0.613. The van der Waals surface area contributed by atoms with E-state index in [2.05, 4.69) is 37.8 Å². The van der Waals surface area contributed by atoms with Crippen LogP contribution >= 0.6 is 0 Å². The van der Waals surface area contributed by atoms with Gasteiger partial charge in [-0.3, -0.25) is 4.90 Å². The molecule has 18 heavy (non-hydrogen) atoms. The number of nitrogens with zero attached hydrogens (tertiary/aromatic N) is 1. The van der Waals surface area contributed by atoms with E-state index in [4.69, 9.17) is 5.73 Å². The highest BCUT2D eigenvalue weighted by atomic mass is 15.2. The molecule has 1 saturated heterocycles. The van der Waals surface area contributed by atoms with Gasteiger partial charge in [0.25, 0.3) is 0 Å². The summed E-state index contributed by atoms with van der Waals surface area (Å²) in [5.41, 5.74) is 8.39. The Morgan fingerprint density at radius 1 is 1.28 bits per heavy atom. The number of benzene rings is 1. The Morgan fingerprint density at radius 3 is 2.50 bits per heavy atom. The molecule has 1 aliphatic heterocycles. The van der Waals surface area contributed by atoms with E-state index in [1.807, 2.05) is 12.1 Å². The molecular weight excluding hydrogens is 220 g/mol. The molecule has 1 aromatic rings. The molecule has 1 fully saturated rings. The summed E-state index contributed by atoms with van der Waals surface area (Å²) < 4.78 is 0. The number of anilines is 1. The largest absolute Gasteiger partial charge is 0.399 e. The number of hydrogen-bond donors (Lipinski definition) is 1. The van der Waals surface area contributed by atoms with Gasteiger partial charge in [-0.25, -0.2) is 0 Å². The highest BCUT2D eigenvalue weighted by molar-refractivity contribution is 5.40. The lowest BCUT2D eigenvalue weighted by Gasteiger charge is -2.32. The van der Waals surface area contributed by atoms with Gasteiger partial charge < -0.3 is 5.73 Å². The molecule has 1 unspecified atom stereocenters. The first-order valence-corrected chi connectivity index (χ1v) is 7.09. The summed E-state index contributed by atoms with van der Waals surface area (Å²) in [6.07, 6.45) is 3.92. The van der Waals surface area contributed by atoms with E-state index < -0.39 is 0 Å². The number of rotatable bonds is 4. The zero-order valence-corrected chi connectivity index (χ0v) is 11.9. The van der Waals surface area contributed by atoms with E-state index in [1.54, 1.807) is 0 Å². The Hall–Kier alpha value is -1.02. The van der Waals surface area contributed by atoms with Crippen molar-refractivity contribution in [2.45, 2.75) is 51.5 Å². The average Bonchev–Trinajstić information content (AvgIpc) is 2.66. The third-order valence-corrected chi connectivity index (χ3v) is 4.41. The zero-order valence-electron chi connectivity index (χ0n) is 11.9. The van der Waals surface area contributed by atoms with Crippen LogP contribution in [0, 0.1) is 0 Å². The summed E-state index contributed by atoms with van der Waals surface area (Å²) in [4.78, 5) is 2.64. The van der Waals surface area contributed by atoms with Crippen molar-refractivity contribution in [3.8, 4) is 0 Å². The van der Waals surface area contributed by atoms with Crippen molar-refractivity contribution in [3.63, 3.8) is 0 Å². The van der Waals surface area contributed by atoms with E-state index in [9.17, 15) is 0 Å². The van der Waals surface area contributed by atoms with Crippen LogP contribution in [0.4, 0.5) is 5.69 Å². The maximum atomic E-state index is 5.73. The molecule has 1 heterocycles. The van der Waals surface area contributed by atoms with Crippen LogP contribution in [-0.4, -0.2) is 23.5 Å². The van der Waals surface area contributed by atoms with E-state index >= 15 is 0 Å². The second kappa shape index (κ2) is 5.31. The molecule has 2 N–H and O–H groups in total. The van der Waals surface area contributed by atoms with Gasteiger partial charge in [0.05, 0.1) is 0 Å². The van der Waals surface area contributed by atoms with Crippen LogP contribution in [-0.2, 0) is 0 Å². The normalized spacial score (nSPS) is 21.1. The van der Waals surface area contributed by atoms with Crippen molar-refractivity contribution in [2.75, 3.05) is 18.8 Å². The van der Waals surface area contributed by atoms with Gasteiger partial charge in [-0.1, -0.05) is 19.1 Å². The van der Waals surface area contributed by atoms with Crippen LogP contribution in [0.1, 0.15) is 51.5 Å². The Morgan fingerprint density at radius 2 is 1.94 bits per heavy atom. The summed E-state index contributed by atoms with van der Waals surface area (Å²) in [7, 11) is 0. The molecule has 0 spiro atoms. The lowest BCUT2D eigenvalue weighted by atomic mass is 9.96. The van der Waals surface area contributed by atoms with Crippen molar-refractivity contribution in [1.29, 1.82) is 0 Å². The monoisotopic (exact) mass is 246 g/mol. The molecule has 2 heteroatoms. The van der Waals surface area contributed by atoms with Gasteiger partial charge in [0.1, 0.15) is 0 Å². The average molecular weight is 246 g/mol. The van der Waals surface area contributed by atoms with Crippen molar-refractivity contribution in [2.24, 2.45) is 0 Å². The van der Waals surface area contributed by atoms with Crippen LogP contribution in [0.2, 0.25) is 0 Å². The van der Waals surface area contributed by atoms with Gasteiger partial charge in [-0.2, -0.15) is 0 Å². The van der Waals surface area contributed by atoms with E-state index in [0.29, 0.717) is 11.5 Å². The Bertz CT molecular complexity index is 381. The Kier molecular flexibility index (Phi) is 3.96. The third kappa shape index (κ3) is 3.05. The summed E-state index contributed by atoms with van der Waals surface area (Å²) in [5, 5.41) is 0. The predicted octanol–water partition coefficient (Wildman–Crippen LogP) is 3.64. The van der Waals surface area contributed by atoms with Crippen LogP contribution in [0.15, 0.2) is 24.3 Å². The smallest absolute Gasteiger partial charge is 0.0314 e. The number of nitrogens with two attached hydrogens (primary N) is 1. The third-order valence-electron chi connectivity index (χ3n) is 4.41. The summed E-state index contributed by atoms with van der Waals surface area (Å²) >= 11 is 0. The highest BCUT2D eigenvalue weighted by Gasteiger charge is 2.31. The van der Waals surface area contributed by atoms with Gasteiger partial charge >= 0.3 is 0 Å². The molecule has 0 amide bonds. The van der Waals surface area contributed by atoms with Crippen molar-refractivity contribution in [3.05, 3.63) is 29.8 Å². The quantitative estimate of drug-likeness (QED) is 0.822. The number of likely N-dealkylation sites (tertiary alicyclic amines) is 1. The molecule has 0 bridgehead atoms. The first-order valence-electron chi connectivity index (χ1n) is 7.09. The van der Waals surface area contributed by atoms with Crippen LogP contribution in [0.25, 0.3) is 0 Å². The van der Waals surface area contributed by atoms with Crippen molar-refractivity contribution < 1.29 is 0 Å². The molecule has 0 aromatic heterocycles. The minimum Gasteiger partial charge on any atom is -0.399 e. The fraction of sp³-hybridized carbons (Fsp3) is 0.625. The van der Waals surface area contributed by atoms with Gasteiger partial charge in [0.2, 0.25) is 0 Å².